The van der Waals surface area contributed by atoms with Crippen LogP contribution >= 0.6 is 0 Å². The van der Waals surface area contributed by atoms with E-state index in [0.29, 0.717) is 30.2 Å². The molecular formula is C18H22N4O3S. The Morgan fingerprint density at radius 1 is 1.15 bits per heavy atom. The van der Waals surface area contributed by atoms with Gasteiger partial charge in [-0.2, -0.15) is 4.31 Å². The van der Waals surface area contributed by atoms with E-state index in [0.717, 1.165) is 19.3 Å². The third kappa shape index (κ3) is 3.86. The molecule has 3 rings (SSSR count). The van der Waals surface area contributed by atoms with Gasteiger partial charge in [0, 0.05) is 18.7 Å². The minimum atomic E-state index is -3.60. The van der Waals surface area contributed by atoms with Crippen LogP contribution in [0.4, 0.5) is 11.5 Å². The molecule has 1 aromatic heterocycles. The van der Waals surface area contributed by atoms with Crippen molar-refractivity contribution in [2.75, 3.05) is 24.1 Å². The summed E-state index contributed by atoms with van der Waals surface area (Å²) in [7, 11) is -3.60. The Balaban J connectivity index is 1.87. The largest absolute Gasteiger partial charge is 0.384 e. The number of carbonyl (C=O) groups excluding carboxylic acids is 1. The summed E-state index contributed by atoms with van der Waals surface area (Å²) in [4.78, 5) is 16.6. The van der Waals surface area contributed by atoms with E-state index < -0.39 is 15.9 Å². The highest BCUT2D eigenvalue weighted by atomic mass is 32.2. The zero-order valence-corrected chi connectivity index (χ0v) is 15.4. The van der Waals surface area contributed by atoms with Crippen LogP contribution in [0, 0.1) is 6.92 Å². The van der Waals surface area contributed by atoms with E-state index in [1.165, 1.54) is 16.6 Å². The smallest absolute Gasteiger partial charge is 0.255 e. The van der Waals surface area contributed by atoms with E-state index >= 15 is 0 Å². The van der Waals surface area contributed by atoms with Gasteiger partial charge in [-0.15, -0.1) is 0 Å². The second-order valence-corrected chi connectivity index (χ2v) is 8.28. The van der Waals surface area contributed by atoms with Gasteiger partial charge in [-0.25, -0.2) is 13.4 Å². The maximum absolute atomic E-state index is 12.9. The molecule has 3 N–H and O–H groups in total. The highest BCUT2D eigenvalue weighted by Crippen LogP contribution is 2.24. The fourth-order valence-corrected chi connectivity index (χ4v) is 4.71. The lowest BCUT2D eigenvalue weighted by atomic mass is 10.1. The molecule has 1 amide bonds. The quantitative estimate of drug-likeness (QED) is 0.855. The molecule has 0 bridgehead atoms. The van der Waals surface area contributed by atoms with Crippen molar-refractivity contribution < 1.29 is 13.2 Å². The molecule has 1 aliphatic rings. The van der Waals surface area contributed by atoms with Crippen molar-refractivity contribution in [1.82, 2.24) is 9.29 Å². The summed E-state index contributed by atoms with van der Waals surface area (Å²) >= 11 is 0. The zero-order valence-electron chi connectivity index (χ0n) is 14.6. The molecule has 1 aromatic carbocycles. The number of anilines is 2. The van der Waals surface area contributed by atoms with E-state index in [1.54, 1.807) is 31.2 Å². The lowest BCUT2D eigenvalue weighted by molar-refractivity contribution is 0.102. The fourth-order valence-electron chi connectivity index (χ4n) is 2.95. The summed E-state index contributed by atoms with van der Waals surface area (Å²) in [6, 6.07) is 7.94. The molecule has 0 radical (unpaired) electrons. The number of aromatic nitrogens is 1. The van der Waals surface area contributed by atoms with Crippen molar-refractivity contribution in [2.45, 2.75) is 31.1 Å². The molecule has 1 saturated heterocycles. The van der Waals surface area contributed by atoms with E-state index in [-0.39, 0.29) is 10.5 Å². The number of nitrogen functional groups attached to an aromatic ring is 1. The Labute approximate surface area is 153 Å². The average Bonchev–Trinajstić information content (AvgIpc) is 2.64. The van der Waals surface area contributed by atoms with Gasteiger partial charge < -0.3 is 11.1 Å². The number of piperidine rings is 1. The van der Waals surface area contributed by atoms with Crippen molar-refractivity contribution in [2.24, 2.45) is 0 Å². The molecule has 0 unspecified atom stereocenters. The molecular weight excluding hydrogens is 352 g/mol. The Morgan fingerprint density at radius 2 is 1.88 bits per heavy atom. The van der Waals surface area contributed by atoms with Gasteiger partial charge in [-0.1, -0.05) is 12.5 Å². The molecule has 1 fully saturated rings. The molecule has 8 heteroatoms. The van der Waals surface area contributed by atoms with Crippen molar-refractivity contribution in [3.05, 3.63) is 47.7 Å². The van der Waals surface area contributed by atoms with E-state index in [2.05, 4.69) is 10.3 Å². The summed E-state index contributed by atoms with van der Waals surface area (Å²) in [5.74, 6) is -0.0417. The number of hydrogen-bond donors (Lipinski definition) is 2. The van der Waals surface area contributed by atoms with Crippen molar-refractivity contribution in [3.63, 3.8) is 0 Å². The molecule has 0 spiro atoms. The SMILES string of the molecule is Cc1ccc(C(=O)Nc2ccc(N)nc2)cc1S(=O)(=O)N1CCCCC1. The monoisotopic (exact) mass is 374 g/mol. The van der Waals surface area contributed by atoms with E-state index in [4.69, 9.17) is 5.73 Å². The second kappa shape index (κ2) is 7.43. The van der Waals surface area contributed by atoms with Crippen LogP contribution in [0.1, 0.15) is 35.2 Å². The summed E-state index contributed by atoms with van der Waals surface area (Å²) < 4.78 is 27.4. The molecule has 0 aliphatic carbocycles. The number of pyridine rings is 1. The van der Waals surface area contributed by atoms with Crippen LogP contribution in [-0.2, 0) is 10.0 Å². The summed E-state index contributed by atoms with van der Waals surface area (Å²) in [5, 5.41) is 2.70. The summed E-state index contributed by atoms with van der Waals surface area (Å²) in [5.41, 5.74) is 6.93. The van der Waals surface area contributed by atoms with Crippen LogP contribution < -0.4 is 11.1 Å². The lowest BCUT2D eigenvalue weighted by Gasteiger charge is -2.26. The van der Waals surface area contributed by atoms with Gasteiger partial charge in [0.15, 0.2) is 0 Å². The number of amides is 1. The molecule has 26 heavy (non-hydrogen) atoms. The zero-order chi connectivity index (χ0) is 18.7. The van der Waals surface area contributed by atoms with Gasteiger partial charge in [0.1, 0.15) is 5.82 Å². The number of hydrogen-bond acceptors (Lipinski definition) is 5. The predicted octanol–water partition coefficient (Wildman–Crippen LogP) is 2.40. The molecule has 7 nitrogen and oxygen atoms in total. The molecule has 0 saturated carbocycles. The predicted molar refractivity (Wildman–Crippen MR) is 100 cm³/mol. The molecule has 2 heterocycles. The maximum atomic E-state index is 12.9. The third-order valence-electron chi connectivity index (χ3n) is 4.43. The molecule has 2 aromatic rings. The van der Waals surface area contributed by atoms with E-state index in [9.17, 15) is 13.2 Å². The normalized spacial score (nSPS) is 15.6. The number of aryl methyl sites for hydroxylation is 1. The molecule has 138 valence electrons. The first-order valence-corrected chi connectivity index (χ1v) is 9.95. The molecule has 0 atom stereocenters. The first kappa shape index (κ1) is 18.3. The molecule has 1 aliphatic heterocycles. The average molecular weight is 374 g/mol. The van der Waals surface area contributed by atoms with Gasteiger partial charge in [-0.3, -0.25) is 4.79 Å². The Bertz CT molecular complexity index is 905. The number of nitrogens with one attached hydrogen (secondary N) is 1. The third-order valence-corrected chi connectivity index (χ3v) is 6.47. The number of benzene rings is 1. The van der Waals surface area contributed by atoms with Crippen molar-refractivity contribution >= 4 is 27.4 Å². The van der Waals surface area contributed by atoms with Gasteiger partial charge >= 0.3 is 0 Å². The van der Waals surface area contributed by atoms with Crippen molar-refractivity contribution in [1.29, 1.82) is 0 Å². The van der Waals surface area contributed by atoms with Crippen LogP contribution in [0.3, 0.4) is 0 Å². The van der Waals surface area contributed by atoms with Gasteiger partial charge in [0.05, 0.1) is 16.8 Å². The summed E-state index contributed by atoms with van der Waals surface area (Å²) in [6.07, 6.45) is 4.22. The first-order valence-electron chi connectivity index (χ1n) is 8.51. The first-order chi connectivity index (χ1) is 12.4. The minimum absolute atomic E-state index is 0.183. The highest BCUT2D eigenvalue weighted by molar-refractivity contribution is 7.89. The van der Waals surface area contributed by atoms with Crippen LogP contribution in [0.2, 0.25) is 0 Å². The second-order valence-electron chi connectivity index (χ2n) is 6.37. The van der Waals surface area contributed by atoms with E-state index in [1.807, 2.05) is 0 Å². The van der Waals surface area contributed by atoms with Gasteiger partial charge in [-0.05, 0) is 49.6 Å². The minimum Gasteiger partial charge on any atom is -0.384 e. The number of nitrogens with two attached hydrogens (primary N) is 1. The highest BCUT2D eigenvalue weighted by Gasteiger charge is 2.28. The number of carbonyl (C=O) groups is 1. The van der Waals surface area contributed by atoms with Crippen LogP contribution in [0.15, 0.2) is 41.4 Å². The lowest BCUT2D eigenvalue weighted by Crippen LogP contribution is -2.36. The van der Waals surface area contributed by atoms with Crippen LogP contribution in [0.25, 0.3) is 0 Å². The fraction of sp³-hybridized carbons (Fsp3) is 0.333. The Morgan fingerprint density at radius 3 is 2.54 bits per heavy atom. The standard InChI is InChI=1S/C18H22N4O3S/c1-13-5-6-14(18(23)21-15-7-8-17(19)20-12-15)11-16(13)26(24,25)22-9-3-2-4-10-22/h5-8,11-12H,2-4,9-10H2,1H3,(H2,19,20)(H,21,23). The number of nitrogens with zero attached hydrogens (tertiary/aromatic N) is 2. The number of sulfonamides is 1. The Kier molecular flexibility index (Phi) is 5.24. The van der Waals surface area contributed by atoms with Crippen LogP contribution in [-0.4, -0.2) is 36.7 Å². The van der Waals surface area contributed by atoms with Crippen LogP contribution in [0.5, 0.6) is 0 Å². The van der Waals surface area contributed by atoms with Crippen molar-refractivity contribution in [3.8, 4) is 0 Å². The summed E-state index contributed by atoms with van der Waals surface area (Å²) in [6.45, 7) is 2.78. The van der Waals surface area contributed by atoms with Gasteiger partial charge in [0.25, 0.3) is 5.91 Å². The Hall–Kier alpha value is -2.45. The number of rotatable bonds is 4. The topological polar surface area (TPSA) is 105 Å². The maximum Gasteiger partial charge on any atom is 0.255 e. The van der Waals surface area contributed by atoms with Gasteiger partial charge in [0.2, 0.25) is 10.0 Å².